The van der Waals surface area contributed by atoms with Crippen molar-refractivity contribution in [2.75, 3.05) is 6.61 Å². The molecule has 0 saturated heterocycles. The monoisotopic (exact) mass is 491 g/mol. The van der Waals surface area contributed by atoms with Crippen molar-refractivity contribution in [1.82, 2.24) is 5.32 Å². The molecule has 0 radical (unpaired) electrons. The SMILES string of the molecule is CC/C=C\C/C=C\C/C=C\CCCCCC(=O)NC(CO)C(O)CCCCCCCCCCCC. The molecule has 2 atom stereocenters. The summed E-state index contributed by atoms with van der Waals surface area (Å²) < 4.78 is 0. The first-order valence-corrected chi connectivity index (χ1v) is 14.7. The van der Waals surface area contributed by atoms with Crippen molar-refractivity contribution in [2.45, 2.75) is 148 Å². The lowest BCUT2D eigenvalue weighted by Gasteiger charge is -2.22. The Kier molecular flexibility index (Phi) is 26.1. The molecule has 0 rings (SSSR count). The lowest BCUT2D eigenvalue weighted by atomic mass is 10.0. The van der Waals surface area contributed by atoms with Crippen LogP contribution in [0.5, 0.6) is 0 Å². The van der Waals surface area contributed by atoms with Gasteiger partial charge in [-0.2, -0.15) is 0 Å². The zero-order valence-electron chi connectivity index (χ0n) is 23.1. The van der Waals surface area contributed by atoms with Crippen molar-refractivity contribution >= 4 is 5.91 Å². The summed E-state index contributed by atoms with van der Waals surface area (Å²) in [5.41, 5.74) is 0. The van der Waals surface area contributed by atoms with E-state index in [1.165, 1.54) is 51.4 Å². The number of unbranched alkanes of at least 4 members (excludes halogenated alkanes) is 12. The topological polar surface area (TPSA) is 69.6 Å². The normalized spacial score (nSPS) is 13.8. The number of hydrogen-bond acceptors (Lipinski definition) is 3. The van der Waals surface area contributed by atoms with Crippen LogP contribution in [-0.4, -0.2) is 34.9 Å². The molecule has 0 fully saturated rings. The van der Waals surface area contributed by atoms with Gasteiger partial charge in [0.1, 0.15) is 0 Å². The first-order valence-electron chi connectivity index (χ1n) is 14.7. The number of carbonyl (C=O) groups is 1. The van der Waals surface area contributed by atoms with Gasteiger partial charge in [-0.05, 0) is 44.9 Å². The third-order valence-corrected chi connectivity index (χ3v) is 6.42. The maximum Gasteiger partial charge on any atom is 0.220 e. The highest BCUT2D eigenvalue weighted by molar-refractivity contribution is 5.76. The van der Waals surface area contributed by atoms with Crippen molar-refractivity contribution < 1.29 is 15.0 Å². The number of nitrogens with one attached hydrogen (secondary N) is 1. The minimum Gasteiger partial charge on any atom is -0.394 e. The van der Waals surface area contributed by atoms with E-state index in [0.29, 0.717) is 12.8 Å². The summed E-state index contributed by atoms with van der Waals surface area (Å²) >= 11 is 0. The number of hydrogen-bond donors (Lipinski definition) is 3. The smallest absolute Gasteiger partial charge is 0.220 e. The molecular weight excluding hydrogens is 434 g/mol. The minimum absolute atomic E-state index is 0.0658. The Morgan fingerprint density at radius 1 is 0.714 bits per heavy atom. The Balaban J connectivity index is 3.71. The molecule has 0 aromatic rings. The molecule has 3 N–H and O–H groups in total. The van der Waals surface area contributed by atoms with E-state index in [4.69, 9.17) is 0 Å². The summed E-state index contributed by atoms with van der Waals surface area (Å²) in [6, 6.07) is -0.547. The summed E-state index contributed by atoms with van der Waals surface area (Å²) in [7, 11) is 0. The summed E-state index contributed by atoms with van der Waals surface area (Å²) in [6.45, 7) is 4.18. The number of amides is 1. The van der Waals surface area contributed by atoms with E-state index in [1.807, 2.05) is 0 Å². The highest BCUT2D eigenvalue weighted by Crippen LogP contribution is 2.13. The van der Waals surface area contributed by atoms with Crippen LogP contribution >= 0.6 is 0 Å². The van der Waals surface area contributed by atoms with Gasteiger partial charge in [0, 0.05) is 6.42 Å². The Bertz CT molecular complexity index is 541. The summed E-state index contributed by atoms with van der Waals surface area (Å²) in [5, 5.41) is 22.8. The summed E-state index contributed by atoms with van der Waals surface area (Å²) in [6.07, 6.45) is 33.3. The maximum absolute atomic E-state index is 12.2. The van der Waals surface area contributed by atoms with Gasteiger partial charge in [0.15, 0.2) is 0 Å². The van der Waals surface area contributed by atoms with E-state index in [-0.39, 0.29) is 12.5 Å². The van der Waals surface area contributed by atoms with Gasteiger partial charge in [0.2, 0.25) is 5.91 Å². The predicted octanol–water partition coefficient (Wildman–Crippen LogP) is 7.94. The van der Waals surface area contributed by atoms with Crippen molar-refractivity contribution in [2.24, 2.45) is 0 Å². The van der Waals surface area contributed by atoms with Crippen LogP contribution in [-0.2, 0) is 4.79 Å². The molecule has 0 aromatic heterocycles. The van der Waals surface area contributed by atoms with Gasteiger partial charge in [0.05, 0.1) is 18.8 Å². The van der Waals surface area contributed by atoms with Crippen LogP contribution in [0, 0.1) is 0 Å². The lowest BCUT2D eigenvalue weighted by molar-refractivity contribution is -0.123. The van der Waals surface area contributed by atoms with Crippen LogP contribution in [0.2, 0.25) is 0 Å². The molecule has 0 aliphatic carbocycles. The van der Waals surface area contributed by atoms with Crippen molar-refractivity contribution in [1.29, 1.82) is 0 Å². The Hall–Kier alpha value is -1.39. The quantitative estimate of drug-likeness (QED) is 0.0896. The van der Waals surface area contributed by atoms with Crippen LogP contribution in [0.4, 0.5) is 0 Å². The van der Waals surface area contributed by atoms with Gasteiger partial charge >= 0.3 is 0 Å². The second-order valence-electron chi connectivity index (χ2n) is 9.79. The molecule has 4 heteroatoms. The van der Waals surface area contributed by atoms with Gasteiger partial charge in [-0.3, -0.25) is 4.79 Å². The van der Waals surface area contributed by atoms with Crippen LogP contribution < -0.4 is 5.32 Å². The summed E-state index contributed by atoms with van der Waals surface area (Å²) in [5.74, 6) is -0.0658. The predicted molar refractivity (Wildman–Crippen MR) is 152 cm³/mol. The van der Waals surface area contributed by atoms with Crippen LogP contribution in [0.1, 0.15) is 136 Å². The summed E-state index contributed by atoms with van der Waals surface area (Å²) in [4.78, 5) is 12.2. The average molecular weight is 492 g/mol. The van der Waals surface area contributed by atoms with Crippen molar-refractivity contribution in [3.05, 3.63) is 36.5 Å². The fourth-order valence-corrected chi connectivity index (χ4v) is 4.14. The average Bonchev–Trinajstić information content (AvgIpc) is 2.86. The fraction of sp³-hybridized carbons (Fsp3) is 0.774. The van der Waals surface area contributed by atoms with Gasteiger partial charge in [-0.1, -0.05) is 121 Å². The molecule has 0 aliphatic heterocycles. The van der Waals surface area contributed by atoms with E-state index in [1.54, 1.807) is 0 Å². The fourth-order valence-electron chi connectivity index (χ4n) is 4.14. The molecule has 1 amide bonds. The highest BCUT2D eigenvalue weighted by atomic mass is 16.3. The highest BCUT2D eigenvalue weighted by Gasteiger charge is 2.19. The Morgan fingerprint density at radius 3 is 1.86 bits per heavy atom. The largest absolute Gasteiger partial charge is 0.394 e. The van der Waals surface area contributed by atoms with Crippen LogP contribution in [0.15, 0.2) is 36.5 Å². The standard InChI is InChI=1S/C31H57NO3/c1-3-5-7-9-11-13-15-16-17-19-21-23-25-27-31(35)32-29(28-33)30(34)26-24-22-20-18-14-12-10-8-6-4-2/h5,7,11,13,16-17,29-30,33-34H,3-4,6,8-10,12,14-15,18-28H2,1-2H3,(H,32,35)/b7-5-,13-11-,17-16-. The van der Waals surface area contributed by atoms with E-state index in [9.17, 15) is 15.0 Å². The molecule has 35 heavy (non-hydrogen) atoms. The first kappa shape index (κ1) is 33.6. The van der Waals surface area contributed by atoms with Crippen molar-refractivity contribution in [3.8, 4) is 0 Å². The zero-order valence-corrected chi connectivity index (χ0v) is 23.1. The third-order valence-electron chi connectivity index (χ3n) is 6.42. The number of aliphatic hydroxyl groups is 2. The molecule has 0 heterocycles. The van der Waals surface area contributed by atoms with E-state index in [2.05, 4.69) is 55.6 Å². The van der Waals surface area contributed by atoms with Crippen LogP contribution in [0.25, 0.3) is 0 Å². The number of carbonyl (C=O) groups excluding carboxylic acids is 1. The van der Waals surface area contributed by atoms with Gasteiger partial charge < -0.3 is 15.5 Å². The van der Waals surface area contributed by atoms with Gasteiger partial charge in [-0.25, -0.2) is 0 Å². The second-order valence-corrected chi connectivity index (χ2v) is 9.79. The van der Waals surface area contributed by atoms with E-state index in [0.717, 1.165) is 57.8 Å². The van der Waals surface area contributed by atoms with E-state index < -0.39 is 12.1 Å². The lowest BCUT2D eigenvalue weighted by Crippen LogP contribution is -2.45. The number of allylic oxidation sites excluding steroid dienone is 6. The Morgan fingerprint density at radius 2 is 1.26 bits per heavy atom. The number of aliphatic hydroxyl groups excluding tert-OH is 2. The Labute approximate surface area is 217 Å². The molecule has 4 nitrogen and oxygen atoms in total. The molecule has 204 valence electrons. The van der Waals surface area contributed by atoms with Gasteiger partial charge in [0.25, 0.3) is 0 Å². The molecule has 0 spiro atoms. The zero-order chi connectivity index (χ0) is 25.8. The number of rotatable bonds is 25. The molecular formula is C31H57NO3. The molecule has 0 bridgehead atoms. The molecule has 2 unspecified atom stereocenters. The van der Waals surface area contributed by atoms with E-state index >= 15 is 0 Å². The van der Waals surface area contributed by atoms with Gasteiger partial charge in [-0.15, -0.1) is 0 Å². The second kappa shape index (κ2) is 27.2. The van der Waals surface area contributed by atoms with Crippen LogP contribution in [0.3, 0.4) is 0 Å². The third kappa shape index (κ3) is 24.1. The first-order chi connectivity index (χ1) is 17.2. The molecule has 0 aliphatic rings. The minimum atomic E-state index is -0.667. The molecule has 0 aromatic carbocycles. The van der Waals surface area contributed by atoms with Crippen molar-refractivity contribution in [3.63, 3.8) is 0 Å². The maximum atomic E-state index is 12.2. The molecule has 0 saturated carbocycles.